The number of carbonyl (C=O) groups is 1. The number of benzene rings is 2. The van der Waals surface area contributed by atoms with Crippen LogP contribution in [0, 0.1) is 0 Å². The molecule has 0 bridgehead atoms. The van der Waals surface area contributed by atoms with Gasteiger partial charge in [0, 0.05) is 18.8 Å². The van der Waals surface area contributed by atoms with Gasteiger partial charge in [0.05, 0.1) is 13.0 Å². The number of rotatable bonds is 7. The van der Waals surface area contributed by atoms with Gasteiger partial charge in [-0.05, 0) is 36.8 Å². The number of ether oxygens (including phenoxy) is 1. The fourth-order valence-corrected chi connectivity index (χ4v) is 2.11. The second-order valence-corrected chi connectivity index (χ2v) is 5.07. The molecule has 22 heavy (non-hydrogen) atoms. The molecule has 1 atom stereocenters. The minimum Gasteiger partial charge on any atom is -0.493 e. The predicted octanol–water partition coefficient (Wildman–Crippen LogP) is 3.37. The van der Waals surface area contributed by atoms with E-state index in [0.29, 0.717) is 13.0 Å². The quantitative estimate of drug-likeness (QED) is 0.824. The first kappa shape index (κ1) is 15.9. The molecule has 1 amide bonds. The Hall–Kier alpha value is -2.49. The Bertz CT molecular complexity index is 582. The summed E-state index contributed by atoms with van der Waals surface area (Å²) in [5, 5.41) is 6.02. The zero-order chi connectivity index (χ0) is 15.8. The van der Waals surface area contributed by atoms with E-state index < -0.39 is 0 Å². The Labute approximate surface area is 131 Å². The van der Waals surface area contributed by atoms with Crippen LogP contribution in [0.3, 0.4) is 0 Å². The Morgan fingerprint density at radius 1 is 1.09 bits per heavy atom. The maximum atomic E-state index is 11.1. The fourth-order valence-electron chi connectivity index (χ4n) is 2.11. The summed E-state index contributed by atoms with van der Waals surface area (Å²) in [6, 6.07) is 18.3. The molecule has 0 fully saturated rings. The zero-order valence-corrected chi connectivity index (χ0v) is 13.0. The molecule has 2 aromatic carbocycles. The van der Waals surface area contributed by atoms with Crippen LogP contribution >= 0.6 is 0 Å². The van der Waals surface area contributed by atoms with Gasteiger partial charge < -0.3 is 15.4 Å². The summed E-state index contributed by atoms with van der Waals surface area (Å²) in [5.74, 6) is 0.747. The number of hydrogen-bond donors (Lipinski definition) is 2. The van der Waals surface area contributed by atoms with Crippen LogP contribution in [-0.2, 0) is 4.79 Å². The number of hydrogen-bond acceptors (Lipinski definition) is 3. The topological polar surface area (TPSA) is 50.4 Å². The third-order valence-electron chi connectivity index (χ3n) is 3.41. The molecule has 0 spiro atoms. The summed E-state index contributed by atoms with van der Waals surface area (Å²) in [4.78, 5) is 11.1. The number of amides is 1. The second-order valence-electron chi connectivity index (χ2n) is 5.07. The lowest BCUT2D eigenvalue weighted by Gasteiger charge is -2.16. The van der Waals surface area contributed by atoms with E-state index >= 15 is 0 Å². The van der Waals surface area contributed by atoms with Crippen molar-refractivity contribution in [2.75, 3.05) is 19.0 Å². The van der Waals surface area contributed by atoms with Crippen molar-refractivity contribution >= 4 is 11.6 Å². The minimum absolute atomic E-state index is 0.0185. The zero-order valence-electron chi connectivity index (χ0n) is 13.0. The van der Waals surface area contributed by atoms with Gasteiger partial charge in [0.15, 0.2) is 0 Å². The third kappa shape index (κ3) is 4.81. The predicted molar refractivity (Wildman–Crippen MR) is 89.1 cm³/mol. The largest absolute Gasteiger partial charge is 0.493 e. The van der Waals surface area contributed by atoms with E-state index in [1.807, 2.05) is 42.5 Å². The van der Waals surface area contributed by atoms with Crippen molar-refractivity contribution < 1.29 is 9.53 Å². The van der Waals surface area contributed by atoms with E-state index in [9.17, 15) is 4.79 Å². The van der Waals surface area contributed by atoms with Crippen LogP contribution in [0.5, 0.6) is 5.75 Å². The van der Waals surface area contributed by atoms with Crippen LogP contribution in [0.15, 0.2) is 54.6 Å². The normalized spacial score (nSPS) is 11.5. The average Bonchev–Trinajstić information content (AvgIpc) is 2.57. The van der Waals surface area contributed by atoms with Gasteiger partial charge in [-0.2, -0.15) is 0 Å². The molecule has 0 aromatic heterocycles. The van der Waals surface area contributed by atoms with E-state index in [4.69, 9.17) is 4.74 Å². The van der Waals surface area contributed by atoms with Gasteiger partial charge in [-0.1, -0.05) is 30.3 Å². The van der Waals surface area contributed by atoms with Crippen LogP contribution in [0.2, 0.25) is 0 Å². The highest BCUT2D eigenvalue weighted by molar-refractivity contribution is 5.75. The summed E-state index contributed by atoms with van der Waals surface area (Å²) < 4.78 is 5.53. The SMILES string of the molecule is CNC(=O)CCOc1ccc(N[C@H](C)c2ccccc2)cc1. The average molecular weight is 298 g/mol. The summed E-state index contributed by atoms with van der Waals surface area (Å²) >= 11 is 0. The second kappa shape index (κ2) is 8.08. The number of carbonyl (C=O) groups excluding carboxylic acids is 1. The molecule has 2 N–H and O–H groups in total. The van der Waals surface area contributed by atoms with Gasteiger partial charge in [0.2, 0.25) is 5.91 Å². The van der Waals surface area contributed by atoms with Crippen molar-refractivity contribution in [1.82, 2.24) is 5.32 Å². The van der Waals surface area contributed by atoms with Gasteiger partial charge in [0.1, 0.15) is 5.75 Å². The summed E-state index contributed by atoms with van der Waals surface area (Å²) in [6.07, 6.45) is 0.363. The molecule has 4 nitrogen and oxygen atoms in total. The molecule has 0 saturated heterocycles. The molecule has 4 heteroatoms. The van der Waals surface area contributed by atoms with Crippen LogP contribution in [0.25, 0.3) is 0 Å². The van der Waals surface area contributed by atoms with Gasteiger partial charge in [0.25, 0.3) is 0 Å². The van der Waals surface area contributed by atoms with Crippen molar-refractivity contribution in [1.29, 1.82) is 0 Å². The molecule has 0 aliphatic heterocycles. The molecule has 0 aliphatic carbocycles. The fraction of sp³-hybridized carbons (Fsp3) is 0.278. The van der Waals surface area contributed by atoms with Crippen molar-refractivity contribution in [3.05, 3.63) is 60.2 Å². The molecular formula is C18H22N2O2. The molecule has 0 saturated carbocycles. The molecule has 0 aliphatic rings. The van der Waals surface area contributed by atoms with Gasteiger partial charge in [-0.15, -0.1) is 0 Å². The lowest BCUT2D eigenvalue weighted by atomic mass is 10.1. The monoisotopic (exact) mass is 298 g/mol. The first-order chi connectivity index (χ1) is 10.7. The standard InChI is InChI=1S/C18H22N2O2/c1-14(15-6-4-3-5-7-15)20-16-8-10-17(11-9-16)22-13-12-18(21)19-2/h3-11,14,20H,12-13H2,1-2H3,(H,19,21)/t14-/m1/s1. The highest BCUT2D eigenvalue weighted by Crippen LogP contribution is 2.21. The Kier molecular flexibility index (Phi) is 5.83. The van der Waals surface area contributed by atoms with Crippen LogP contribution in [0.4, 0.5) is 5.69 Å². The molecule has 0 heterocycles. The van der Waals surface area contributed by atoms with Gasteiger partial charge >= 0.3 is 0 Å². The van der Waals surface area contributed by atoms with E-state index in [2.05, 4.69) is 29.7 Å². The molecule has 0 unspecified atom stereocenters. The third-order valence-corrected chi connectivity index (χ3v) is 3.41. The number of anilines is 1. The highest BCUT2D eigenvalue weighted by Gasteiger charge is 2.04. The summed E-state index contributed by atoms with van der Waals surface area (Å²) in [7, 11) is 1.62. The Morgan fingerprint density at radius 3 is 2.41 bits per heavy atom. The van der Waals surface area contributed by atoms with E-state index in [0.717, 1.165) is 11.4 Å². The van der Waals surface area contributed by atoms with Crippen molar-refractivity contribution in [3.63, 3.8) is 0 Å². The van der Waals surface area contributed by atoms with E-state index in [-0.39, 0.29) is 11.9 Å². The van der Waals surface area contributed by atoms with Crippen LogP contribution < -0.4 is 15.4 Å². The summed E-state index contributed by atoms with van der Waals surface area (Å²) in [5.41, 5.74) is 2.28. The van der Waals surface area contributed by atoms with Crippen molar-refractivity contribution in [2.24, 2.45) is 0 Å². The maximum Gasteiger partial charge on any atom is 0.223 e. The maximum absolute atomic E-state index is 11.1. The van der Waals surface area contributed by atoms with Gasteiger partial charge in [-0.25, -0.2) is 0 Å². The molecule has 2 aromatic rings. The summed E-state index contributed by atoms with van der Waals surface area (Å²) in [6.45, 7) is 2.51. The first-order valence-corrected chi connectivity index (χ1v) is 7.44. The Morgan fingerprint density at radius 2 is 1.77 bits per heavy atom. The first-order valence-electron chi connectivity index (χ1n) is 7.44. The highest BCUT2D eigenvalue weighted by atomic mass is 16.5. The lowest BCUT2D eigenvalue weighted by molar-refractivity contribution is -0.121. The van der Waals surface area contributed by atoms with Crippen molar-refractivity contribution in [2.45, 2.75) is 19.4 Å². The number of nitrogens with one attached hydrogen (secondary N) is 2. The lowest BCUT2D eigenvalue weighted by Crippen LogP contribution is -2.20. The minimum atomic E-state index is -0.0185. The van der Waals surface area contributed by atoms with Crippen molar-refractivity contribution in [3.8, 4) is 5.75 Å². The van der Waals surface area contributed by atoms with E-state index in [1.54, 1.807) is 7.05 Å². The van der Waals surface area contributed by atoms with Gasteiger partial charge in [-0.3, -0.25) is 4.79 Å². The molecule has 2 rings (SSSR count). The molecule has 116 valence electrons. The molecular weight excluding hydrogens is 276 g/mol. The molecule has 0 radical (unpaired) electrons. The van der Waals surface area contributed by atoms with Crippen LogP contribution in [-0.4, -0.2) is 19.6 Å². The van der Waals surface area contributed by atoms with E-state index in [1.165, 1.54) is 5.56 Å². The smallest absolute Gasteiger partial charge is 0.223 e. The Balaban J connectivity index is 1.85. The van der Waals surface area contributed by atoms with Crippen LogP contribution in [0.1, 0.15) is 24.9 Å².